The largest absolute Gasteiger partial charge is 0.490 e. The molecule has 0 heterocycles. The number of hydrogen-bond donors (Lipinski definition) is 0. The maximum atomic E-state index is 14.0. The van der Waals surface area contributed by atoms with E-state index in [-0.39, 0.29) is 17.1 Å². The number of carbonyl (C=O) groups is 1. The molecule has 0 amide bonds. The number of carbonyl (C=O) groups excluding carboxylic acids is 1. The van der Waals surface area contributed by atoms with Crippen LogP contribution in [0.4, 0.5) is 4.39 Å². The summed E-state index contributed by atoms with van der Waals surface area (Å²) in [6.45, 7) is 6.15. The van der Waals surface area contributed by atoms with Crippen molar-refractivity contribution in [3.8, 4) is 5.75 Å². The third kappa shape index (κ3) is 4.66. The zero-order valence-electron chi connectivity index (χ0n) is 12.0. The van der Waals surface area contributed by atoms with Crippen LogP contribution < -0.4 is 4.74 Å². The van der Waals surface area contributed by atoms with Crippen molar-refractivity contribution >= 4 is 5.78 Å². The Labute approximate surface area is 115 Å². The van der Waals surface area contributed by atoms with Gasteiger partial charge in [-0.25, -0.2) is 4.39 Å². The van der Waals surface area contributed by atoms with Crippen LogP contribution in [0.2, 0.25) is 0 Å². The normalized spacial score (nSPS) is 10.8. The molecule has 0 aromatic heterocycles. The molecule has 0 atom stereocenters. The molecule has 0 radical (unpaired) electrons. The van der Waals surface area contributed by atoms with Gasteiger partial charge >= 0.3 is 0 Å². The van der Waals surface area contributed by atoms with Gasteiger partial charge in [0.25, 0.3) is 0 Å². The van der Waals surface area contributed by atoms with Crippen LogP contribution in [0, 0.1) is 11.7 Å². The molecule has 0 fully saturated rings. The van der Waals surface area contributed by atoms with E-state index in [9.17, 15) is 9.18 Å². The monoisotopic (exact) mass is 266 g/mol. The summed E-state index contributed by atoms with van der Waals surface area (Å²) in [4.78, 5) is 11.3. The molecule has 0 aliphatic carbocycles. The molecule has 1 aromatic carbocycles. The minimum atomic E-state index is -0.540. The third-order valence-corrected chi connectivity index (χ3v) is 3.21. The third-order valence-electron chi connectivity index (χ3n) is 3.21. The molecule has 0 saturated carbocycles. The summed E-state index contributed by atoms with van der Waals surface area (Å²) in [7, 11) is 0. The molecule has 1 aromatic rings. The van der Waals surface area contributed by atoms with E-state index in [4.69, 9.17) is 4.74 Å². The van der Waals surface area contributed by atoms with E-state index in [1.54, 1.807) is 12.1 Å². The first-order valence-electron chi connectivity index (χ1n) is 7.02. The Hall–Kier alpha value is -1.38. The summed E-state index contributed by atoms with van der Waals surface area (Å²) >= 11 is 0. The van der Waals surface area contributed by atoms with E-state index < -0.39 is 5.82 Å². The van der Waals surface area contributed by atoms with Gasteiger partial charge in [-0.05, 0) is 37.8 Å². The molecule has 1 rings (SSSR count). The molecule has 0 spiro atoms. The van der Waals surface area contributed by atoms with Crippen LogP contribution in [0.1, 0.15) is 56.8 Å². The van der Waals surface area contributed by atoms with E-state index in [2.05, 4.69) is 13.8 Å². The van der Waals surface area contributed by atoms with Crippen LogP contribution in [-0.4, -0.2) is 12.4 Å². The van der Waals surface area contributed by atoms with Gasteiger partial charge in [0.05, 0.1) is 12.2 Å². The van der Waals surface area contributed by atoms with E-state index in [1.807, 2.05) is 0 Å². The van der Waals surface area contributed by atoms with Crippen molar-refractivity contribution in [3.63, 3.8) is 0 Å². The molecule has 0 aliphatic heterocycles. The molecule has 106 valence electrons. The van der Waals surface area contributed by atoms with Crippen LogP contribution in [-0.2, 0) is 0 Å². The SMILES string of the molecule is CCCC(CCC)COc1cccc(C(C)=O)c1F. The maximum absolute atomic E-state index is 14.0. The quantitative estimate of drug-likeness (QED) is 0.641. The molecule has 3 heteroatoms. The van der Waals surface area contributed by atoms with E-state index >= 15 is 0 Å². The molecule has 0 aliphatic rings. The summed E-state index contributed by atoms with van der Waals surface area (Å²) in [5, 5.41) is 0. The van der Waals surface area contributed by atoms with Crippen LogP contribution in [0.15, 0.2) is 18.2 Å². The topological polar surface area (TPSA) is 26.3 Å². The van der Waals surface area contributed by atoms with Gasteiger partial charge in [-0.1, -0.05) is 32.8 Å². The number of ether oxygens (including phenoxy) is 1. The summed E-state index contributed by atoms with van der Waals surface area (Å²) in [6.07, 6.45) is 4.37. The van der Waals surface area contributed by atoms with Gasteiger partial charge < -0.3 is 4.74 Å². The first-order chi connectivity index (χ1) is 9.10. The van der Waals surface area contributed by atoms with Crippen molar-refractivity contribution in [2.45, 2.75) is 46.5 Å². The fraction of sp³-hybridized carbons (Fsp3) is 0.562. The number of halogens is 1. The Morgan fingerprint density at radius 1 is 1.26 bits per heavy atom. The zero-order chi connectivity index (χ0) is 14.3. The number of hydrogen-bond acceptors (Lipinski definition) is 2. The Morgan fingerprint density at radius 2 is 1.89 bits per heavy atom. The highest BCUT2D eigenvalue weighted by Crippen LogP contribution is 2.23. The number of benzene rings is 1. The van der Waals surface area contributed by atoms with Crippen LogP contribution in [0.25, 0.3) is 0 Å². The standard InChI is InChI=1S/C16H23FO2/c1-4-7-13(8-5-2)11-19-15-10-6-9-14(12(3)18)16(15)17/h6,9-10,13H,4-5,7-8,11H2,1-3H3. The minimum Gasteiger partial charge on any atom is -0.490 e. The first kappa shape index (κ1) is 15.7. The lowest BCUT2D eigenvalue weighted by Gasteiger charge is -2.17. The Morgan fingerprint density at radius 3 is 2.42 bits per heavy atom. The molecule has 19 heavy (non-hydrogen) atoms. The van der Waals surface area contributed by atoms with E-state index in [0.717, 1.165) is 25.7 Å². The van der Waals surface area contributed by atoms with Crippen LogP contribution in [0.3, 0.4) is 0 Å². The second kappa shape index (κ2) is 7.93. The van der Waals surface area contributed by atoms with E-state index in [0.29, 0.717) is 12.5 Å². The maximum Gasteiger partial charge on any atom is 0.175 e. The van der Waals surface area contributed by atoms with Crippen LogP contribution in [0.5, 0.6) is 5.75 Å². The average Bonchev–Trinajstić information content (AvgIpc) is 2.37. The Kier molecular flexibility index (Phi) is 6.54. The molecule has 0 N–H and O–H groups in total. The minimum absolute atomic E-state index is 0.0973. The van der Waals surface area contributed by atoms with Gasteiger partial charge in [-0.3, -0.25) is 4.79 Å². The predicted octanol–water partition coefficient (Wildman–Crippen LogP) is 4.62. The molecular formula is C16H23FO2. The lowest BCUT2D eigenvalue weighted by molar-refractivity contribution is 0.101. The second-order valence-electron chi connectivity index (χ2n) is 4.93. The molecule has 0 bridgehead atoms. The lowest BCUT2D eigenvalue weighted by Crippen LogP contribution is -2.13. The smallest absolute Gasteiger partial charge is 0.175 e. The van der Waals surface area contributed by atoms with Gasteiger partial charge in [0.1, 0.15) is 0 Å². The fourth-order valence-electron chi connectivity index (χ4n) is 2.23. The summed E-state index contributed by atoms with van der Waals surface area (Å²) in [5.41, 5.74) is 0.0973. The predicted molar refractivity (Wildman–Crippen MR) is 75.2 cm³/mol. The number of ketones is 1. The van der Waals surface area contributed by atoms with Gasteiger partial charge in [-0.2, -0.15) is 0 Å². The summed E-state index contributed by atoms with van der Waals surface area (Å²) < 4.78 is 19.6. The lowest BCUT2D eigenvalue weighted by atomic mass is 9.99. The second-order valence-corrected chi connectivity index (χ2v) is 4.93. The van der Waals surface area contributed by atoms with E-state index in [1.165, 1.54) is 13.0 Å². The highest BCUT2D eigenvalue weighted by atomic mass is 19.1. The van der Waals surface area contributed by atoms with Crippen molar-refractivity contribution in [3.05, 3.63) is 29.6 Å². The van der Waals surface area contributed by atoms with Crippen LogP contribution >= 0.6 is 0 Å². The van der Waals surface area contributed by atoms with Gasteiger partial charge in [0.15, 0.2) is 17.3 Å². The van der Waals surface area contributed by atoms with Crippen molar-refractivity contribution in [2.75, 3.05) is 6.61 Å². The highest BCUT2D eigenvalue weighted by Gasteiger charge is 2.14. The summed E-state index contributed by atoms with van der Waals surface area (Å²) in [6, 6.07) is 4.72. The van der Waals surface area contributed by atoms with Crippen molar-refractivity contribution in [1.29, 1.82) is 0 Å². The number of Topliss-reactive ketones (excluding diaryl/α,β-unsaturated/α-hetero) is 1. The Balaban J connectivity index is 2.71. The number of rotatable bonds is 8. The zero-order valence-corrected chi connectivity index (χ0v) is 12.0. The van der Waals surface area contributed by atoms with Crippen molar-refractivity contribution < 1.29 is 13.9 Å². The molecule has 0 unspecified atom stereocenters. The van der Waals surface area contributed by atoms with Crippen molar-refractivity contribution in [1.82, 2.24) is 0 Å². The molecular weight excluding hydrogens is 243 g/mol. The highest BCUT2D eigenvalue weighted by molar-refractivity contribution is 5.94. The molecule has 0 saturated heterocycles. The van der Waals surface area contributed by atoms with Gasteiger partial charge in [0, 0.05) is 0 Å². The fourth-order valence-corrected chi connectivity index (χ4v) is 2.23. The van der Waals surface area contributed by atoms with Gasteiger partial charge in [-0.15, -0.1) is 0 Å². The molecule has 2 nitrogen and oxygen atoms in total. The Bertz CT molecular complexity index is 409. The van der Waals surface area contributed by atoms with Crippen molar-refractivity contribution in [2.24, 2.45) is 5.92 Å². The summed E-state index contributed by atoms with van der Waals surface area (Å²) in [5.74, 6) is -0.177. The first-order valence-corrected chi connectivity index (χ1v) is 7.02. The van der Waals surface area contributed by atoms with Gasteiger partial charge in [0.2, 0.25) is 0 Å². The average molecular weight is 266 g/mol.